The standard InChI is InChI=1S/C28H30N4O10S/c1-7-25(35)31(23-13-19(27(37)38)11-21(15-23)29(9-3)17(5)33)43(41,42)32(26(36)8-2)24-14-20(28(39)40)12-22(16-24)30(10-4)18(6)34/h7-8,11-16H,1-2,9-10H2,3-6H3,(H,37,38)(H,39,40). The molecule has 2 aromatic rings. The highest BCUT2D eigenvalue weighted by Crippen LogP contribution is 2.33. The van der Waals surface area contributed by atoms with Gasteiger partial charge in [0.05, 0.1) is 22.5 Å². The van der Waals surface area contributed by atoms with Crippen LogP contribution in [0.15, 0.2) is 61.7 Å². The van der Waals surface area contributed by atoms with E-state index in [2.05, 4.69) is 13.2 Å². The Morgan fingerprint density at radius 2 is 0.953 bits per heavy atom. The van der Waals surface area contributed by atoms with Crippen LogP contribution < -0.4 is 18.4 Å². The van der Waals surface area contributed by atoms with E-state index in [0.29, 0.717) is 12.2 Å². The molecule has 15 heteroatoms. The number of aromatic carboxylic acids is 2. The highest BCUT2D eigenvalue weighted by molar-refractivity contribution is 7.95. The molecule has 0 aliphatic rings. The number of carboxylic acids is 2. The third-order valence-electron chi connectivity index (χ3n) is 6.00. The van der Waals surface area contributed by atoms with Crippen LogP contribution >= 0.6 is 0 Å². The average molecular weight is 615 g/mol. The van der Waals surface area contributed by atoms with Crippen LogP contribution in [0.1, 0.15) is 48.4 Å². The molecule has 228 valence electrons. The van der Waals surface area contributed by atoms with Crippen LogP contribution in [0.5, 0.6) is 0 Å². The number of carboxylic acid groups (broad SMARTS) is 2. The van der Waals surface area contributed by atoms with E-state index < -0.39 is 68.3 Å². The molecular weight excluding hydrogens is 584 g/mol. The maximum absolute atomic E-state index is 14.2. The number of hydrogen-bond donors (Lipinski definition) is 2. The number of benzene rings is 2. The third kappa shape index (κ3) is 7.13. The van der Waals surface area contributed by atoms with Gasteiger partial charge < -0.3 is 20.0 Å². The molecule has 0 fully saturated rings. The van der Waals surface area contributed by atoms with Crippen LogP contribution in [0.4, 0.5) is 22.7 Å². The van der Waals surface area contributed by atoms with Crippen molar-refractivity contribution in [3.63, 3.8) is 0 Å². The lowest BCUT2D eigenvalue weighted by atomic mass is 10.1. The molecule has 0 radical (unpaired) electrons. The highest BCUT2D eigenvalue weighted by atomic mass is 32.2. The summed E-state index contributed by atoms with van der Waals surface area (Å²) < 4.78 is 28.6. The highest BCUT2D eigenvalue weighted by Gasteiger charge is 2.39. The number of anilines is 4. The molecule has 0 aliphatic carbocycles. The molecule has 0 saturated heterocycles. The first-order valence-electron chi connectivity index (χ1n) is 12.6. The van der Waals surface area contributed by atoms with E-state index >= 15 is 0 Å². The molecular formula is C28H30N4O10S. The summed E-state index contributed by atoms with van der Waals surface area (Å²) in [4.78, 5) is 76.9. The summed E-state index contributed by atoms with van der Waals surface area (Å²) in [5, 5.41) is 19.4. The molecule has 43 heavy (non-hydrogen) atoms. The summed E-state index contributed by atoms with van der Waals surface area (Å²) >= 11 is 0. The number of carbonyl (C=O) groups is 6. The average Bonchev–Trinajstić information content (AvgIpc) is 2.92. The lowest BCUT2D eigenvalue weighted by Gasteiger charge is -2.31. The molecule has 4 amide bonds. The molecule has 2 aromatic carbocycles. The van der Waals surface area contributed by atoms with Crippen molar-refractivity contribution in [2.45, 2.75) is 27.7 Å². The molecule has 0 spiro atoms. The van der Waals surface area contributed by atoms with E-state index in [9.17, 15) is 47.4 Å². The van der Waals surface area contributed by atoms with E-state index in [1.165, 1.54) is 13.8 Å². The zero-order valence-electron chi connectivity index (χ0n) is 23.8. The van der Waals surface area contributed by atoms with Gasteiger partial charge in [-0.2, -0.15) is 17.0 Å². The number of hydrogen-bond acceptors (Lipinski definition) is 8. The first-order valence-corrected chi connectivity index (χ1v) is 14.0. The molecule has 0 atom stereocenters. The Morgan fingerprint density at radius 3 is 1.19 bits per heavy atom. The Morgan fingerprint density at radius 1 is 0.651 bits per heavy atom. The van der Waals surface area contributed by atoms with Crippen LogP contribution in [0.3, 0.4) is 0 Å². The fourth-order valence-electron chi connectivity index (χ4n) is 4.15. The van der Waals surface area contributed by atoms with E-state index in [-0.39, 0.29) is 33.1 Å². The van der Waals surface area contributed by atoms with Crippen LogP contribution in [-0.2, 0) is 29.4 Å². The smallest absolute Gasteiger partial charge is 0.340 e. The second-order valence-corrected chi connectivity index (χ2v) is 10.4. The zero-order valence-corrected chi connectivity index (χ0v) is 24.6. The predicted octanol–water partition coefficient (Wildman–Crippen LogP) is 2.81. The predicted molar refractivity (Wildman–Crippen MR) is 158 cm³/mol. The molecule has 2 N–H and O–H groups in total. The van der Waals surface area contributed by atoms with Gasteiger partial charge in [0.25, 0.3) is 11.8 Å². The van der Waals surface area contributed by atoms with Crippen molar-refractivity contribution >= 4 is 68.5 Å². The van der Waals surface area contributed by atoms with Crippen LogP contribution in [0, 0.1) is 0 Å². The summed E-state index contributed by atoms with van der Waals surface area (Å²) in [5.74, 6) is -6.73. The minimum atomic E-state index is -5.38. The summed E-state index contributed by atoms with van der Waals surface area (Å²) in [6.07, 6.45) is 1.19. The van der Waals surface area contributed by atoms with Crippen molar-refractivity contribution < 1.29 is 47.4 Å². The van der Waals surface area contributed by atoms with E-state index in [4.69, 9.17) is 0 Å². The Hall–Kier alpha value is -5.31. The monoisotopic (exact) mass is 614 g/mol. The fourth-order valence-corrected chi connectivity index (χ4v) is 5.66. The largest absolute Gasteiger partial charge is 0.478 e. The van der Waals surface area contributed by atoms with Crippen LogP contribution in [0.2, 0.25) is 0 Å². The number of nitrogens with zero attached hydrogens (tertiary/aromatic N) is 4. The zero-order chi connectivity index (χ0) is 32.8. The third-order valence-corrected chi connectivity index (χ3v) is 7.70. The van der Waals surface area contributed by atoms with Gasteiger partial charge in [0, 0.05) is 38.3 Å². The molecule has 14 nitrogen and oxygen atoms in total. The summed E-state index contributed by atoms with van der Waals surface area (Å²) in [6.45, 7) is 12.2. The van der Waals surface area contributed by atoms with Crippen molar-refractivity contribution in [3.8, 4) is 0 Å². The normalized spacial score (nSPS) is 10.7. The summed E-state index contributed by atoms with van der Waals surface area (Å²) in [5.41, 5.74) is -2.29. The Kier molecular flexibility index (Phi) is 10.7. The molecule has 0 aromatic heterocycles. The van der Waals surface area contributed by atoms with Gasteiger partial charge in [-0.1, -0.05) is 13.2 Å². The van der Waals surface area contributed by atoms with Gasteiger partial charge in [-0.3, -0.25) is 19.2 Å². The lowest BCUT2D eigenvalue weighted by molar-refractivity contribution is -0.117. The Labute approximate surface area is 247 Å². The van der Waals surface area contributed by atoms with Gasteiger partial charge in [-0.15, -0.1) is 0 Å². The van der Waals surface area contributed by atoms with Crippen molar-refractivity contribution in [2.75, 3.05) is 31.5 Å². The molecule has 0 unspecified atom stereocenters. The van der Waals surface area contributed by atoms with Crippen LogP contribution in [0.25, 0.3) is 0 Å². The van der Waals surface area contributed by atoms with Crippen molar-refractivity contribution in [1.29, 1.82) is 0 Å². The quantitative estimate of drug-likeness (QED) is 0.336. The lowest BCUT2D eigenvalue weighted by Crippen LogP contribution is -2.49. The van der Waals surface area contributed by atoms with Crippen molar-refractivity contribution in [1.82, 2.24) is 0 Å². The first kappa shape index (κ1) is 33.9. The number of rotatable bonds is 12. The van der Waals surface area contributed by atoms with Crippen LogP contribution in [-0.4, -0.2) is 67.3 Å². The van der Waals surface area contributed by atoms with E-state index in [1.807, 2.05) is 0 Å². The Balaban J connectivity index is 3.03. The van der Waals surface area contributed by atoms with Gasteiger partial charge in [-0.05, 0) is 62.4 Å². The minimum Gasteiger partial charge on any atom is -0.478 e. The maximum atomic E-state index is 14.2. The van der Waals surface area contributed by atoms with E-state index in [1.54, 1.807) is 13.8 Å². The summed E-state index contributed by atoms with van der Waals surface area (Å²) in [7, 11) is -5.38. The van der Waals surface area contributed by atoms with Crippen molar-refractivity contribution in [2.24, 2.45) is 0 Å². The minimum absolute atomic E-state index is 0.0515. The van der Waals surface area contributed by atoms with Gasteiger partial charge in [0.2, 0.25) is 11.8 Å². The molecule has 0 saturated carbocycles. The Bertz CT molecular complexity index is 1520. The molecule has 0 heterocycles. The molecule has 0 bridgehead atoms. The SMILES string of the molecule is C=CC(=O)N(c1cc(C(=O)O)cc(N(CC)C(C)=O)c1)S(=O)(=O)N(C(=O)C=C)c1cc(C(=O)O)cc(N(CC)C(C)=O)c1. The fraction of sp³-hybridized carbons (Fsp3) is 0.214. The molecule has 0 aliphatic heterocycles. The number of carbonyl (C=O) groups excluding carboxylic acids is 4. The van der Waals surface area contributed by atoms with Gasteiger partial charge in [0.1, 0.15) is 0 Å². The van der Waals surface area contributed by atoms with Gasteiger partial charge >= 0.3 is 22.1 Å². The second-order valence-electron chi connectivity index (χ2n) is 8.73. The van der Waals surface area contributed by atoms with Crippen molar-refractivity contribution in [3.05, 3.63) is 72.8 Å². The van der Waals surface area contributed by atoms with E-state index in [0.717, 1.165) is 46.2 Å². The summed E-state index contributed by atoms with van der Waals surface area (Å²) in [6, 6.07) is 5.97. The van der Waals surface area contributed by atoms with Gasteiger partial charge in [0.15, 0.2) is 0 Å². The number of amides is 4. The first-order chi connectivity index (χ1) is 20.0. The second kappa shape index (κ2) is 13.6. The van der Waals surface area contributed by atoms with Gasteiger partial charge in [-0.25, -0.2) is 9.59 Å². The maximum Gasteiger partial charge on any atom is 0.340 e. The molecule has 2 rings (SSSR count). The topological polar surface area (TPSA) is 190 Å².